The van der Waals surface area contributed by atoms with Crippen molar-refractivity contribution in [2.24, 2.45) is 0 Å². The van der Waals surface area contributed by atoms with Crippen molar-refractivity contribution < 1.29 is 4.79 Å². The Bertz CT molecular complexity index is 717. The molecule has 2 aromatic heterocycles. The minimum absolute atomic E-state index is 0.275. The third kappa shape index (κ3) is 1.91. The van der Waals surface area contributed by atoms with Crippen LogP contribution in [0.3, 0.4) is 0 Å². The zero-order valence-corrected chi connectivity index (χ0v) is 9.99. The van der Waals surface area contributed by atoms with Gasteiger partial charge in [0.15, 0.2) is 0 Å². The zero-order chi connectivity index (χ0) is 12.5. The number of hydrogen-bond donors (Lipinski definition) is 3. The molecule has 3 rings (SSSR count). The van der Waals surface area contributed by atoms with E-state index in [9.17, 15) is 4.79 Å². The van der Waals surface area contributed by atoms with Crippen LogP contribution in [0.5, 0.6) is 0 Å². The highest BCUT2D eigenvalue weighted by Crippen LogP contribution is 2.22. The van der Waals surface area contributed by atoms with Crippen LogP contribution in [-0.2, 0) is 0 Å². The molecule has 0 radical (unpaired) electrons. The van der Waals surface area contributed by atoms with Crippen LogP contribution in [-0.4, -0.2) is 21.1 Å². The molecule has 0 fully saturated rings. The van der Waals surface area contributed by atoms with E-state index in [0.717, 1.165) is 10.2 Å². The summed E-state index contributed by atoms with van der Waals surface area (Å²) in [6, 6.07) is 7.04. The molecule has 0 aliphatic carbocycles. The summed E-state index contributed by atoms with van der Waals surface area (Å²) in [6.07, 6.45) is 0. The van der Waals surface area contributed by atoms with Crippen LogP contribution < -0.4 is 11.1 Å². The fourth-order valence-electron chi connectivity index (χ4n) is 1.58. The molecule has 0 saturated heterocycles. The van der Waals surface area contributed by atoms with Gasteiger partial charge in [0.2, 0.25) is 0 Å². The first-order valence-corrected chi connectivity index (χ1v) is 6.06. The minimum atomic E-state index is -0.275. The number of aromatic nitrogens is 3. The molecule has 0 aliphatic heterocycles. The van der Waals surface area contributed by atoms with Crippen LogP contribution in [0.1, 0.15) is 10.5 Å². The summed E-state index contributed by atoms with van der Waals surface area (Å²) in [5.74, 6) is 0.0149. The molecule has 0 unspecified atom stereocenters. The molecule has 0 bridgehead atoms. The van der Waals surface area contributed by atoms with Gasteiger partial charge in [0.25, 0.3) is 5.91 Å². The lowest BCUT2D eigenvalue weighted by Gasteiger charge is -2.02. The third-order valence-corrected chi connectivity index (χ3v) is 3.22. The SMILES string of the molecule is Nc1cc(C(=O)Nc2ccc3ncsc3c2)[nH]n1. The number of hydrogen-bond acceptors (Lipinski definition) is 5. The topological polar surface area (TPSA) is 96.7 Å². The number of H-pyrrole nitrogens is 1. The molecular formula is C11H9N5OS. The van der Waals surface area contributed by atoms with Gasteiger partial charge in [-0.2, -0.15) is 5.10 Å². The number of aromatic amines is 1. The van der Waals surface area contributed by atoms with Crippen LogP contribution in [0.25, 0.3) is 10.2 Å². The van der Waals surface area contributed by atoms with E-state index >= 15 is 0 Å². The number of nitrogen functional groups attached to an aromatic ring is 1. The van der Waals surface area contributed by atoms with Crippen molar-refractivity contribution in [1.29, 1.82) is 0 Å². The van der Waals surface area contributed by atoms with Gasteiger partial charge in [-0.05, 0) is 18.2 Å². The lowest BCUT2D eigenvalue weighted by atomic mass is 10.3. The Balaban J connectivity index is 1.85. The van der Waals surface area contributed by atoms with E-state index in [1.165, 1.54) is 17.4 Å². The second-order valence-corrected chi connectivity index (χ2v) is 4.58. The molecule has 2 heterocycles. The number of anilines is 2. The van der Waals surface area contributed by atoms with Gasteiger partial charge in [-0.25, -0.2) is 4.98 Å². The summed E-state index contributed by atoms with van der Waals surface area (Å²) in [5.41, 5.74) is 9.17. The largest absolute Gasteiger partial charge is 0.382 e. The number of carbonyl (C=O) groups is 1. The van der Waals surface area contributed by atoms with Gasteiger partial charge >= 0.3 is 0 Å². The second kappa shape index (κ2) is 4.11. The second-order valence-electron chi connectivity index (χ2n) is 3.70. The van der Waals surface area contributed by atoms with Crippen molar-refractivity contribution in [3.8, 4) is 0 Å². The smallest absolute Gasteiger partial charge is 0.273 e. The van der Waals surface area contributed by atoms with Gasteiger partial charge in [0, 0.05) is 11.8 Å². The van der Waals surface area contributed by atoms with Gasteiger partial charge in [-0.3, -0.25) is 9.89 Å². The van der Waals surface area contributed by atoms with Crippen LogP contribution in [0.4, 0.5) is 11.5 Å². The molecule has 0 spiro atoms. The summed E-state index contributed by atoms with van der Waals surface area (Å²) >= 11 is 1.53. The molecule has 4 N–H and O–H groups in total. The molecule has 0 saturated carbocycles. The van der Waals surface area contributed by atoms with Crippen molar-refractivity contribution in [2.45, 2.75) is 0 Å². The van der Waals surface area contributed by atoms with Gasteiger partial charge in [-0.15, -0.1) is 11.3 Å². The minimum Gasteiger partial charge on any atom is -0.382 e. The Morgan fingerprint density at radius 1 is 1.39 bits per heavy atom. The molecule has 6 nitrogen and oxygen atoms in total. The van der Waals surface area contributed by atoms with Crippen molar-refractivity contribution >= 4 is 39.0 Å². The fraction of sp³-hybridized carbons (Fsp3) is 0. The Labute approximate surface area is 106 Å². The molecule has 0 atom stereocenters. The molecular weight excluding hydrogens is 250 g/mol. The number of nitrogens with two attached hydrogens (primary N) is 1. The number of amides is 1. The van der Waals surface area contributed by atoms with Crippen LogP contribution in [0.2, 0.25) is 0 Å². The van der Waals surface area contributed by atoms with Crippen LogP contribution in [0.15, 0.2) is 29.8 Å². The molecule has 7 heteroatoms. The molecule has 1 amide bonds. The number of carbonyl (C=O) groups excluding carboxylic acids is 1. The summed E-state index contributed by atoms with van der Waals surface area (Å²) < 4.78 is 1.02. The number of nitrogens with zero attached hydrogens (tertiary/aromatic N) is 2. The standard InChI is InChI=1S/C11H9N5OS/c12-10-4-8(15-16-10)11(17)14-6-1-2-7-9(3-6)18-5-13-7/h1-5H,(H,14,17)(H3,12,15,16). The summed E-state index contributed by atoms with van der Waals surface area (Å²) in [6.45, 7) is 0. The van der Waals surface area contributed by atoms with Crippen molar-refractivity contribution in [3.05, 3.63) is 35.5 Å². The normalized spacial score (nSPS) is 10.7. The number of nitrogens with one attached hydrogen (secondary N) is 2. The summed E-state index contributed by atoms with van der Waals surface area (Å²) in [5, 5.41) is 9.03. The van der Waals surface area contributed by atoms with Crippen molar-refractivity contribution in [3.63, 3.8) is 0 Å². The van der Waals surface area contributed by atoms with E-state index < -0.39 is 0 Å². The zero-order valence-electron chi connectivity index (χ0n) is 9.18. The highest BCUT2D eigenvalue weighted by molar-refractivity contribution is 7.16. The average Bonchev–Trinajstić information content (AvgIpc) is 2.96. The third-order valence-electron chi connectivity index (χ3n) is 2.43. The first-order valence-electron chi connectivity index (χ1n) is 5.18. The molecule has 18 heavy (non-hydrogen) atoms. The summed E-state index contributed by atoms with van der Waals surface area (Å²) in [4.78, 5) is 16.0. The first-order chi connectivity index (χ1) is 8.72. The monoisotopic (exact) mass is 259 g/mol. The van der Waals surface area contributed by atoms with E-state index in [4.69, 9.17) is 5.73 Å². The molecule has 90 valence electrons. The number of thiazole rings is 1. The molecule has 0 aliphatic rings. The van der Waals surface area contributed by atoms with Gasteiger partial charge in [0.05, 0.1) is 15.7 Å². The summed E-state index contributed by atoms with van der Waals surface area (Å²) in [7, 11) is 0. The predicted molar refractivity (Wildman–Crippen MR) is 70.6 cm³/mol. The van der Waals surface area contributed by atoms with Crippen molar-refractivity contribution in [2.75, 3.05) is 11.1 Å². The number of benzene rings is 1. The first kappa shape index (κ1) is 10.7. The van der Waals surface area contributed by atoms with E-state index in [-0.39, 0.29) is 11.7 Å². The molecule has 3 aromatic rings. The number of rotatable bonds is 2. The van der Waals surface area contributed by atoms with Crippen LogP contribution >= 0.6 is 11.3 Å². The van der Waals surface area contributed by atoms with Crippen LogP contribution in [0, 0.1) is 0 Å². The van der Waals surface area contributed by atoms with E-state index in [1.807, 2.05) is 12.1 Å². The van der Waals surface area contributed by atoms with E-state index in [0.29, 0.717) is 11.4 Å². The van der Waals surface area contributed by atoms with Gasteiger partial charge in [-0.1, -0.05) is 0 Å². The Kier molecular flexibility index (Phi) is 2.45. The van der Waals surface area contributed by atoms with Gasteiger partial charge < -0.3 is 11.1 Å². The highest BCUT2D eigenvalue weighted by Gasteiger charge is 2.09. The van der Waals surface area contributed by atoms with E-state index in [2.05, 4.69) is 20.5 Å². The maximum Gasteiger partial charge on any atom is 0.273 e. The Hall–Kier alpha value is -2.41. The lowest BCUT2D eigenvalue weighted by molar-refractivity contribution is 0.102. The predicted octanol–water partition coefficient (Wildman–Crippen LogP) is 1.85. The quantitative estimate of drug-likeness (QED) is 0.654. The Morgan fingerprint density at radius 2 is 2.28 bits per heavy atom. The lowest BCUT2D eigenvalue weighted by Crippen LogP contribution is -2.12. The highest BCUT2D eigenvalue weighted by atomic mass is 32.1. The van der Waals surface area contributed by atoms with E-state index in [1.54, 1.807) is 11.6 Å². The van der Waals surface area contributed by atoms with Crippen molar-refractivity contribution in [1.82, 2.24) is 15.2 Å². The van der Waals surface area contributed by atoms with Gasteiger partial charge in [0.1, 0.15) is 11.5 Å². The maximum absolute atomic E-state index is 11.9. The number of fused-ring (bicyclic) bond motifs is 1. The fourth-order valence-corrected chi connectivity index (χ4v) is 2.30. The molecule has 1 aromatic carbocycles. The average molecular weight is 259 g/mol. The maximum atomic E-state index is 11.9. The Morgan fingerprint density at radius 3 is 3.06 bits per heavy atom.